The van der Waals surface area contributed by atoms with Crippen LogP contribution in [0.25, 0.3) is 10.9 Å². The van der Waals surface area contributed by atoms with Gasteiger partial charge in [-0.2, -0.15) is 0 Å². The minimum atomic E-state index is -0.238. The number of benzene rings is 3. The summed E-state index contributed by atoms with van der Waals surface area (Å²) < 4.78 is 5.93. The summed E-state index contributed by atoms with van der Waals surface area (Å²) in [5.41, 5.74) is 3.99. The summed E-state index contributed by atoms with van der Waals surface area (Å²) in [4.78, 5) is 30.2. The van der Waals surface area contributed by atoms with Gasteiger partial charge in [-0.15, -0.1) is 0 Å². The Hall–Kier alpha value is -4.23. The second-order valence-electron chi connectivity index (χ2n) is 9.66. The van der Waals surface area contributed by atoms with Crippen LogP contribution in [0.2, 0.25) is 0 Å². The minimum absolute atomic E-state index is 0.231. The second-order valence-corrected chi connectivity index (χ2v) is 9.66. The van der Waals surface area contributed by atoms with Crippen molar-refractivity contribution < 1.29 is 14.3 Å². The smallest absolute Gasteiger partial charge is 0.255 e. The minimum Gasteiger partial charge on any atom is -0.494 e. The quantitative estimate of drug-likeness (QED) is 0.273. The zero-order chi connectivity index (χ0) is 26.3. The zero-order valence-corrected chi connectivity index (χ0v) is 21.5. The topological polar surface area (TPSA) is 92.4 Å². The average Bonchev–Trinajstić information content (AvgIpc) is 2.95. The van der Waals surface area contributed by atoms with Crippen LogP contribution in [-0.4, -0.2) is 36.0 Å². The number of anilines is 2. The number of ether oxygens (including phenoxy) is 1. The fourth-order valence-electron chi connectivity index (χ4n) is 4.67. The molecule has 0 bridgehead atoms. The van der Waals surface area contributed by atoms with Gasteiger partial charge in [-0.05, 0) is 92.9 Å². The standard InChI is InChI=1S/C31H32N4O3/c1-21-10-12-26(34-30(36)24-11-13-28-22(18-24)7-5-16-33-28)20-29(21)35-31(37)23-6-4-9-27(19-23)38-17-14-25-8-2-3-15-32-25/h4-7,9-13,16,18-20,25,32H,2-3,8,14-15,17H2,1H3,(H,34,36)(H,35,37). The Morgan fingerprint density at radius 2 is 1.82 bits per heavy atom. The fourth-order valence-corrected chi connectivity index (χ4v) is 4.67. The highest BCUT2D eigenvalue weighted by atomic mass is 16.5. The van der Waals surface area contributed by atoms with E-state index in [1.807, 2.05) is 55.5 Å². The van der Waals surface area contributed by atoms with Crippen molar-refractivity contribution in [1.82, 2.24) is 10.3 Å². The van der Waals surface area contributed by atoms with E-state index in [4.69, 9.17) is 4.74 Å². The molecule has 3 aromatic carbocycles. The number of amides is 2. The number of nitrogens with one attached hydrogen (secondary N) is 3. The van der Waals surface area contributed by atoms with Crippen LogP contribution in [0, 0.1) is 6.92 Å². The van der Waals surface area contributed by atoms with E-state index in [-0.39, 0.29) is 11.8 Å². The van der Waals surface area contributed by atoms with Crippen molar-refractivity contribution in [2.24, 2.45) is 0 Å². The molecule has 4 aromatic rings. The molecule has 1 saturated heterocycles. The van der Waals surface area contributed by atoms with Crippen LogP contribution < -0.4 is 20.7 Å². The second kappa shape index (κ2) is 11.9. The number of aryl methyl sites for hydroxylation is 1. The number of piperidine rings is 1. The van der Waals surface area contributed by atoms with Crippen molar-refractivity contribution in [2.75, 3.05) is 23.8 Å². The van der Waals surface area contributed by atoms with Gasteiger partial charge in [-0.1, -0.05) is 24.6 Å². The molecule has 1 fully saturated rings. The first kappa shape index (κ1) is 25.4. The van der Waals surface area contributed by atoms with Crippen LogP contribution in [0.5, 0.6) is 5.75 Å². The molecule has 0 saturated carbocycles. The summed E-state index contributed by atoms with van der Waals surface area (Å²) >= 11 is 0. The van der Waals surface area contributed by atoms with Crippen molar-refractivity contribution in [3.05, 3.63) is 95.7 Å². The van der Waals surface area contributed by atoms with Crippen molar-refractivity contribution in [1.29, 1.82) is 0 Å². The maximum Gasteiger partial charge on any atom is 0.255 e. The molecule has 194 valence electrons. The Kier molecular flexibility index (Phi) is 7.95. The molecule has 2 amide bonds. The first-order chi connectivity index (χ1) is 18.5. The molecule has 1 aromatic heterocycles. The molecule has 0 spiro atoms. The van der Waals surface area contributed by atoms with Crippen molar-refractivity contribution in [3.8, 4) is 5.75 Å². The van der Waals surface area contributed by atoms with Crippen LogP contribution in [0.1, 0.15) is 52.0 Å². The predicted molar refractivity (Wildman–Crippen MR) is 151 cm³/mol. The molecule has 5 rings (SSSR count). The van der Waals surface area contributed by atoms with Crippen molar-refractivity contribution in [3.63, 3.8) is 0 Å². The monoisotopic (exact) mass is 508 g/mol. The number of pyridine rings is 1. The highest BCUT2D eigenvalue weighted by Gasteiger charge is 2.14. The summed E-state index contributed by atoms with van der Waals surface area (Å²) in [5.74, 6) is 0.208. The maximum absolute atomic E-state index is 13.0. The molecule has 1 aliphatic heterocycles. The third-order valence-corrected chi connectivity index (χ3v) is 6.85. The molecule has 1 unspecified atom stereocenters. The van der Waals surface area contributed by atoms with Gasteiger partial charge in [0.25, 0.3) is 11.8 Å². The Balaban J connectivity index is 1.22. The van der Waals surface area contributed by atoms with Crippen molar-refractivity contribution >= 4 is 34.1 Å². The summed E-state index contributed by atoms with van der Waals surface area (Å²) in [7, 11) is 0. The summed E-state index contributed by atoms with van der Waals surface area (Å²) in [6.07, 6.45) is 6.36. The third-order valence-electron chi connectivity index (χ3n) is 6.85. The van der Waals surface area contributed by atoms with Crippen LogP contribution in [-0.2, 0) is 0 Å². The van der Waals surface area contributed by atoms with Crippen LogP contribution >= 0.6 is 0 Å². The van der Waals surface area contributed by atoms with E-state index in [0.29, 0.717) is 40.9 Å². The summed E-state index contributed by atoms with van der Waals surface area (Å²) in [6, 6.07) is 22.3. The molecule has 1 atom stereocenters. The van der Waals surface area contributed by atoms with Gasteiger partial charge in [-0.3, -0.25) is 14.6 Å². The van der Waals surface area contributed by atoms with Gasteiger partial charge in [-0.25, -0.2) is 0 Å². The van der Waals surface area contributed by atoms with E-state index in [2.05, 4.69) is 20.9 Å². The molecule has 0 radical (unpaired) electrons. The Bertz CT molecular complexity index is 1450. The first-order valence-electron chi connectivity index (χ1n) is 13.1. The van der Waals surface area contributed by atoms with Gasteiger partial charge >= 0.3 is 0 Å². The Morgan fingerprint density at radius 1 is 0.947 bits per heavy atom. The van der Waals surface area contributed by atoms with E-state index >= 15 is 0 Å². The van der Waals surface area contributed by atoms with E-state index in [1.165, 1.54) is 19.3 Å². The van der Waals surface area contributed by atoms with E-state index in [1.54, 1.807) is 30.5 Å². The lowest BCUT2D eigenvalue weighted by Gasteiger charge is -2.23. The fraction of sp³-hybridized carbons (Fsp3) is 0.258. The number of carbonyl (C=O) groups is 2. The molecular formula is C31H32N4O3. The van der Waals surface area contributed by atoms with Gasteiger partial charge in [0.05, 0.1) is 12.1 Å². The molecule has 7 nitrogen and oxygen atoms in total. The largest absolute Gasteiger partial charge is 0.494 e. The van der Waals surface area contributed by atoms with Gasteiger partial charge in [0.15, 0.2) is 0 Å². The molecular weight excluding hydrogens is 476 g/mol. The number of hydrogen-bond acceptors (Lipinski definition) is 5. The molecule has 3 N–H and O–H groups in total. The first-order valence-corrected chi connectivity index (χ1v) is 13.1. The van der Waals surface area contributed by atoms with Crippen molar-refractivity contribution in [2.45, 2.75) is 38.6 Å². The van der Waals surface area contributed by atoms with Crippen LogP contribution in [0.3, 0.4) is 0 Å². The zero-order valence-electron chi connectivity index (χ0n) is 21.5. The number of rotatable bonds is 8. The lowest BCUT2D eigenvalue weighted by molar-refractivity contribution is 0.101. The number of hydrogen-bond donors (Lipinski definition) is 3. The number of carbonyl (C=O) groups excluding carboxylic acids is 2. The predicted octanol–water partition coefficient (Wildman–Crippen LogP) is 5.96. The third kappa shape index (κ3) is 6.36. The van der Waals surface area contributed by atoms with E-state index < -0.39 is 0 Å². The molecule has 0 aliphatic carbocycles. The summed E-state index contributed by atoms with van der Waals surface area (Å²) in [5, 5.41) is 10.3. The average molecular weight is 509 g/mol. The number of nitrogens with zero attached hydrogens (tertiary/aromatic N) is 1. The lowest BCUT2D eigenvalue weighted by atomic mass is 10.0. The van der Waals surface area contributed by atoms with Gasteiger partial charge in [0, 0.05) is 40.1 Å². The Morgan fingerprint density at radius 3 is 2.68 bits per heavy atom. The van der Waals surface area contributed by atoms with E-state index in [0.717, 1.165) is 29.4 Å². The van der Waals surface area contributed by atoms with Gasteiger partial charge < -0.3 is 20.7 Å². The highest BCUT2D eigenvalue weighted by molar-refractivity contribution is 6.07. The molecule has 7 heteroatoms. The Labute approximate surface area is 222 Å². The molecule has 2 heterocycles. The molecule has 38 heavy (non-hydrogen) atoms. The molecule has 1 aliphatic rings. The maximum atomic E-state index is 13.0. The van der Waals surface area contributed by atoms with Crippen LogP contribution in [0.4, 0.5) is 11.4 Å². The normalized spacial score (nSPS) is 15.1. The van der Waals surface area contributed by atoms with Gasteiger partial charge in [0.1, 0.15) is 5.75 Å². The summed E-state index contributed by atoms with van der Waals surface area (Å²) in [6.45, 7) is 3.60. The SMILES string of the molecule is Cc1ccc(NC(=O)c2ccc3ncccc3c2)cc1NC(=O)c1cccc(OCCC2CCCCN2)c1. The number of aromatic nitrogens is 1. The number of fused-ring (bicyclic) bond motifs is 1. The van der Waals surface area contributed by atoms with E-state index in [9.17, 15) is 9.59 Å². The van der Waals surface area contributed by atoms with Crippen LogP contribution in [0.15, 0.2) is 79.0 Å². The van der Waals surface area contributed by atoms with Gasteiger partial charge in [0.2, 0.25) is 0 Å². The highest BCUT2D eigenvalue weighted by Crippen LogP contribution is 2.23. The lowest BCUT2D eigenvalue weighted by Crippen LogP contribution is -2.35.